The number of halogens is 1. The first-order valence-electron chi connectivity index (χ1n) is 9.25. The van der Waals surface area contributed by atoms with Crippen LogP contribution in [0, 0.1) is 0 Å². The zero-order chi connectivity index (χ0) is 18.2. The number of aromatic amines is 1. The molecule has 5 rings (SSSR count). The van der Waals surface area contributed by atoms with E-state index in [1.165, 1.54) is 12.8 Å². The van der Waals surface area contributed by atoms with Crippen LogP contribution in [0.15, 0.2) is 60.8 Å². The fourth-order valence-electron chi connectivity index (χ4n) is 3.83. The Hall–Kier alpha value is -2.85. The molecular weight excluding hydrogens is 356 g/mol. The molecule has 0 saturated carbocycles. The van der Waals surface area contributed by atoms with Gasteiger partial charge < -0.3 is 9.88 Å². The molecule has 5 heteroatoms. The lowest BCUT2D eigenvalue weighted by atomic mass is 10.00. The minimum atomic E-state index is 0.730. The average Bonchev–Trinajstić information content (AvgIpc) is 3.37. The molecule has 1 fully saturated rings. The third-order valence-electron chi connectivity index (χ3n) is 5.13. The molecule has 27 heavy (non-hydrogen) atoms. The molecule has 0 aliphatic carbocycles. The fourth-order valence-corrected chi connectivity index (χ4v) is 4.07. The second-order valence-corrected chi connectivity index (χ2v) is 7.24. The van der Waals surface area contributed by atoms with E-state index in [-0.39, 0.29) is 0 Å². The Morgan fingerprint density at radius 1 is 0.889 bits per heavy atom. The van der Waals surface area contributed by atoms with Crippen molar-refractivity contribution >= 4 is 28.5 Å². The quantitative estimate of drug-likeness (QED) is 0.511. The van der Waals surface area contributed by atoms with Crippen molar-refractivity contribution in [3.8, 4) is 22.5 Å². The Morgan fingerprint density at radius 3 is 2.48 bits per heavy atom. The monoisotopic (exact) mass is 374 g/mol. The molecule has 2 aromatic heterocycles. The molecule has 0 spiro atoms. The summed E-state index contributed by atoms with van der Waals surface area (Å²) in [5.41, 5.74) is 5.04. The van der Waals surface area contributed by atoms with Crippen molar-refractivity contribution in [1.82, 2.24) is 15.0 Å². The van der Waals surface area contributed by atoms with Crippen LogP contribution in [-0.2, 0) is 0 Å². The molecule has 1 saturated heterocycles. The molecular formula is C22H19ClN4. The van der Waals surface area contributed by atoms with E-state index in [1.807, 2.05) is 54.7 Å². The highest BCUT2D eigenvalue weighted by molar-refractivity contribution is 6.33. The van der Waals surface area contributed by atoms with E-state index < -0.39 is 0 Å². The summed E-state index contributed by atoms with van der Waals surface area (Å²) in [6.07, 6.45) is 4.26. The van der Waals surface area contributed by atoms with Crippen LogP contribution in [-0.4, -0.2) is 28.0 Å². The molecule has 1 N–H and O–H groups in total. The lowest BCUT2D eigenvalue weighted by molar-refractivity contribution is 0.938. The summed E-state index contributed by atoms with van der Waals surface area (Å²) < 4.78 is 0. The van der Waals surface area contributed by atoms with Gasteiger partial charge in [-0.2, -0.15) is 0 Å². The van der Waals surface area contributed by atoms with Crippen molar-refractivity contribution in [2.75, 3.05) is 18.0 Å². The van der Waals surface area contributed by atoms with Crippen LogP contribution in [0.1, 0.15) is 12.8 Å². The number of fused-ring (bicyclic) bond motifs is 1. The van der Waals surface area contributed by atoms with Crippen LogP contribution in [0.2, 0.25) is 5.02 Å². The van der Waals surface area contributed by atoms with Crippen LogP contribution in [0.25, 0.3) is 33.5 Å². The molecule has 0 amide bonds. The SMILES string of the molecule is Clc1ccccc1-c1ccnc(N2CCCC2)c1-c1nc2ccccc2[nH]1. The highest BCUT2D eigenvalue weighted by atomic mass is 35.5. The van der Waals surface area contributed by atoms with Gasteiger partial charge in [0.25, 0.3) is 0 Å². The van der Waals surface area contributed by atoms with E-state index in [4.69, 9.17) is 21.6 Å². The largest absolute Gasteiger partial charge is 0.356 e. The van der Waals surface area contributed by atoms with Gasteiger partial charge in [-0.05, 0) is 42.7 Å². The maximum absolute atomic E-state index is 6.54. The van der Waals surface area contributed by atoms with Crippen molar-refractivity contribution in [1.29, 1.82) is 0 Å². The van der Waals surface area contributed by atoms with Gasteiger partial charge in [-0.1, -0.05) is 41.9 Å². The fraction of sp³-hybridized carbons (Fsp3) is 0.182. The second-order valence-electron chi connectivity index (χ2n) is 6.83. The highest BCUT2D eigenvalue weighted by Crippen LogP contribution is 2.40. The smallest absolute Gasteiger partial charge is 0.142 e. The first-order valence-corrected chi connectivity index (χ1v) is 9.63. The Kier molecular flexibility index (Phi) is 4.06. The van der Waals surface area contributed by atoms with Gasteiger partial charge in [0.1, 0.15) is 11.6 Å². The number of rotatable bonds is 3. The Morgan fingerprint density at radius 2 is 1.67 bits per heavy atom. The number of nitrogens with zero attached hydrogens (tertiary/aromatic N) is 3. The average molecular weight is 375 g/mol. The molecule has 4 nitrogen and oxygen atoms in total. The van der Waals surface area contributed by atoms with Crippen LogP contribution in [0.3, 0.4) is 0 Å². The summed E-state index contributed by atoms with van der Waals surface area (Å²) in [5, 5.41) is 0.730. The molecule has 0 unspecified atom stereocenters. The number of aromatic nitrogens is 3. The van der Waals surface area contributed by atoms with Gasteiger partial charge in [0.2, 0.25) is 0 Å². The van der Waals surface area contributed by atoms with Crippen molar-refractivity contribution in [2.24, 2.45) is 0 Å². The van der Waals surface area contributed by atoms with E-state index in [0.29, 0.717) is 0 Å². The third-order valence-corrected chi connectivity index (χ3v) is 5.46. The number of H-pyrrole nitrogens is 1. The number of pyridine rings is 1. The third kappa shape index (κ3) is 2.86. The summed E-state index contributed by atoms with van der Waals surface area (Å²) in [5.74, 6) is 1.81. The minimum Gasteiger partial charge on any atom is -0.356 e. The number of imidazole rings is 1. The van der Waals surface area contributed by atoms with Crippen LogP contribution in [0.4, 0.5) is 5.82 Å². The lowest BCUT2D eigenvalue weighted by Crippen LogP contribution is -2.20. The summed E-state index contributed by atoms with van der Waals surface area (Å²) in [7, 11) is 0. The molecule has 1 aliphatic rings. The number of para-hydroxylation sites is 2. The molecule has 0 atom stereocenters. The number of benzene rings is 2. The highest BCUT2D eigenvalue weighted by Gasteiger charge is 2.23. The number of hydrogen-bond acceptors (Lipinski definition) is 3. The second kappa shape index (κ2) is 6.71. The van der Waals surface area contributed by atoms with Gasteiger partial charge in [0, 0.05) is 29.9 Å². The van der Waals surface area contributed by atoms with Gasteiger partial charge in [-0.15, -0.1) is 0 Å². The molecule has 2 aromatic carbocycles. The molecule has 1 aliphatic heterocycles. The van der Waals surface area contributed by atoms with Gasteiger partial charge in [0.05, 0.1) is 16.6 Å². The lowest BCUT2D eigenvalue weighted by Gasteiger charge is -2.21. The number of hydrogen-bond donors (Lipinski definition) is 1. The standard InChI is InChI=1S/C22H19ClN4/c23-17-8-2-1-7-15(17)16-11-12-24-22(27-13-5-6-14-27)20(16)21-25-18-9-3-4-10-19(18)26-21/h1-4,7-12H,5-6,13-14H2,(H,25,26). The van der Waals surface area contributed by atoms with E-state index in [2.05, 4.69) is 16.0 Å². The zero-order valence-electron chi connectivity index (χ0n) is 14.8. The van der Waals surface area contributed by atoms with E-state index in [0.717, 1.165) is 57.5 Å². The van der Waals surface area contributed by atoms with Crippen LogP contribution < -0.4 is 4.90 Å². The maximum Gasteiger partial charge on any atom is 0.142 e. The molecule has 134 valence electrons. The van der Waals surface area contributed by atoms with Crippen molar-refractivity contribution in [3.63, 3.8) is 0 Å². The van der Waals surface area contributed by atoms with Crippen molar-refractivity contribution < 1.29 is 0 Å². The first kappa shape index (κ1) is 16.3. The van der Waals surface area contributed by atoms with E-state index >= 15 is 0 Å². The Bertz CT molecular complexity index is 1080. The summed E-state index contributed by atoms with van der Waals surface area (Å²) >= 11 is 6.54. The predicted molar refractivity (Wildman–Crippen MR) is 111 cm³/mol. The number of nitrogens with one attached hydrogen (secondary N) is 1. The molecule has 3 heterocycles. The van der Waals surface area contributed by atoms with E-state index in [1.54, 1.807) is 0 Å². The first-order chi connectivity index (χ1) is 13.3. The van der Waals surface area contributed by atoms with Crippen LogP contribution >= 0.6 is 11.6 Å². The van der Waals surface area contributed by atoms with E-state index in [9.17, 15) is 0 Å². The normalized spacial score (nSPS) is 14.2. The maximum atomic E-state index is 6.54. The summed E-state index contributed by atoms with van der Waals surface area (Å²) in [6.45, 7) is 2.04. The molecule has 0 bridgehead atoms. The Labute approximate surface area is 162 Å². The van der Waals surface area contributed by atoms with Gasteiger partial charge in [-0.3, -0.25) is 0 Å². The topological polar surface area (TPSA) is 44.8 Å². The Balaban J connectivity index is 1.79. The predicted octanol–water partition coefficient (Wildman–Crippen LogP) is 5.55. The van der Waals surface area contributed by atoms with Crippen molar-refractivity contribution in [3.05, 3.63) is 65.8 Å². The summed E-state index contributed by atoms with van der Waals surface area (Å²) in [6, 6.07) is 18.1. The van der Waals surface area contributed by atoms with Crippen LogP contribution in [0.5, 0.6) is 0 Å². The number of anilines is 1. The molecule has 4 aromatic rings. The van der Waals surface area contributed by atoms with Gasteiger partial charge >= 0.3 is 0 Å². The summed E-state index contributed by atoms with van der Waals surface area (Å²) in [4.78, 5) is 15.4. The zero-order valence-corrected chi connectivity index (χ0v) is 15.6. The van der Waals surface area contributed by atoms with Gasteiger partial charge in [-0.25, -0.2) is 9.97 Å². The van der Waals surface area contributed by atoms with Crippen molar-refractivity contribution in [2.45, 2.75) is 12.8 Å². The van der Waals surface area contributed by atoms with Gasteiger partial charge in [0.15, 0.2) is 0 Å². The molecule has 0 radical (unpaired) electrons. The minimum absolute atomic E-state index is 0.730.